The van der Waals surface area contributed by atoms with E-state index in [0.717, 1.165) is 0 Å². The summed E-state index contributed by atoms with van der Waals surface area (Å²) < 4.78 is 33.7. The summed E-state index contributed by atoms with van der Waals surface area (Å²) in [5, 5.41) is 7.55. The molecule has 2 aromatic heterocycles. The third-order valence-corrected chi connectivity index (χ3v) is 3.00. The van der Waals surface area contributed by atoms with E-state index in [2.05, 4.69) is 10.2 Å². The number of carbonyl (C=O) groups excluding carboxylic acids is 1. The maximum Gasteiger partial charge on any atom is 0.347 e. The fourth-order valence-corrected chi connectivity index (χ4v) is 1.83. The van der Waals surface area contributed by atoms with Crippen LogP contribution in [0.15, 0.2) is 51.5 Å². The third-order valence-electron chi connectivity index (χ3n) is 3.00. The summed E-state index contributed by atoms with van der Waals surface area (Å²) in [6, 6.07) is 8.68. The molecule has 0 fully saturated rings. The fourth-order valence-electron chi connectivity index (χ4n) is 1.83. The fraction of sp³-hybridized carbons (Fsp3) is 0.188. The Morgan fingerprint density at radius 2 is 2.04 bits per heavy atom. The van der Waals surface area contributed by atoms with Crippen molar-refractivity contribution in [3.63, 3.8) is 0 Å². The predicted octanol–water partition coefficient (Wildman–Crippen LogP) is 2.98. The molecule has 1 atom stereocenters. The van der Waals surface area contributed by atoms with E-state index in [-0.39, 0.29) is 24.2 Å². The van der Waals surface area contributed by atoms with E-state index >= 15 is 0 Å². The second kappa shape index (κ2) is 6.95. The molecule has 124 valence electrons. The van der Waals surface area contributed by atoms with E-state index in [9.17, 15) is 9.18 Å². The first-order valence-corrected chi connectivity index (χ1v) is 7.07. The molecule has 0 amide bonds. The van der Waals surface area contributed by atoms with Crippen molar-refractivity contribution in [3.8, 4) is 17.4 Å². The standard InChI is InChI=1S/C16H13FN2O5/c1-10(23-12-6-4-11(17)5-7-12)16(20)22-9-14-18-19-15(24-14)13-3-2-8-21-13/h2-8,10H,9H2,1H3/t10-/m0/s1. The van der Waals surface area contributed by atoms with Crippen molar-refractivity contribution in [1.82, 2.24) is 10.2 Å². The summed E-state index contributed by atoms with van der Waals surface area (Å²) in [5.41, 5.74) is 0. The van der Waals surface area contributed by atoms with Crippen molar-refractivity contribution in [2.75, 3.05) is 0 Å². The molecule has 0 aliphatic rings. The van der Waals surface area contributed by atoms with Crippen LogP contribution in [0.1, 0.15) is 12.8 Å². The molecule has 0 saturated carbocycles. The SMILES string of the molecule is C[C@H](Oc1ccc(F)cc1)C(=O)OCc1nnc(-c2ccco2)o1. The van der Waals surface area contributed by atoms with E-state index in [1.807, 2.05) is 0 Å². The number of furan rings is 1. The predicted molar refractivity (Wildman–Crippen MR) is 78.3 cm³/mol. The quantitative estimate of drug-likeness (QED) is 0.641. The van der Waals surface area contributed by atoms with Gasteiger partial charge >= 0.3 is 5.97 Å². The van der Waals surface area contributed by atoms with Crippen LogP contribution in [-0.4, -0.2) is 22.3 Å². The number of ether oxygens (including phenoxy) is 2. The van der Waals surface area contributed by atoms with Gasteiger partial charge in [0.1, 0.15) is 11.6 Å². The molecule has 0 aliphatic carbocycles. The Bertz CT molecular complexity index is 798. The van der Waals surface area contributed by atoms with Crippen LogP contribution >= 0.6 is 0 Å². The van der Waals surface area contributed by atoms with Gasteiger partial charge in [-0.2, -0.15) is 0 Å². The second-order valence-corrected chi connectivity index (χ2v) is 4.80. The molecule has 0 aliphatic heterocycles. The van der Waals surface area contributed by atoms with Crippen molar-refractivity contribution in [3.05, 3.63) is 54.4 Å². The number of halogens is 1. The maximum atomic E-state index is 12.8. The van der Waals surface area contributed by atoms with Gasteiger partial charge in [0.25, 0.3) is 11.8 Å². The summed E-state index contributed by atoms with van der Waals surface area (Å²) in [4.78, 5) is 11.9. The lowest BCUT2D eigenvalue weighted by molar-refractivity contribution is -0.153. The van der Waals surface area contributed by atoms with Crippen molar-refractivity contribution < 1.29 is 27.5 Å². The molecule has 0 spiro atoms. The van der Waals surface area contributed by atoms with Crippen LogP contribution in [0.3, 0.4) is 0 Å². The first-order chi connectivity index (χ1) is 11.6. The number of benzene rings is 1. The highest BCUT2D eigenvalue weighted by atomic mass is 19.1. The largest absolute Gasteiger partial charge is 0.479 e. The van der Waals surface area contributed by atoms with Crippen LogP contribution < -0.4 is 4.74 Å². The van der Waals surface area contributed by atoms with Crippen LogP contribution in [0.5, 0.6) is 5.75 Å². The Kier molecular flexibility index (Phi) is 4.55. The average Bonchev–Trinajstić information content (AvgIpc) is 3.25. The monoisotopic (exact) mass is 332 g/mol. The molecule has 24 heavy (non-hydrogen) atoms. The molecule has 0 unspecified atom stereocenters. The highest BCUT2D eigenvalue weighted by Gasteiger charge is 2.18. The molecule has 3 aromatic rings. The highest BCUT2D eigenvalue weighted by Crippen LogP contribution is 2.18. The summed E-state index contributed by atoms with van der Waals surface area (Å²) >= 11 is 0. The zero-order chi connectivity index (χ0) is 16.9. The minimum atomic E-state index is -0.872. The number of aromatic nitrogens is 2. The van der Waals surface area contributed by atoms with Crippen LogP contribution in [0.4, 0.5) is 4.39 Å². The number of rotatable bonds is 6. The summed E-state index contributed by atoms with van der Waals surface area (Å²) in [5.74, 6) is 0.107. The summed E-state index contributed by atoms with van der Waals surface area (Å²) in [6.45, 7) is 1.33. The molecule has 3 rings (SSSR count). The normalized spacial score (nSPS) is 11.9. The lowest BCUT2D eigenvalue weighted by Gasteiger charge is -2.13. The second-order valence-electron chi connectivity index (χ2n) is 4.80. The van der Waals surface area contributed by atoms with Crippen molar-refractivity contribution in [2.45, 2.75) is 19.6 Å². The van der Waals surface area contributed by atoms with Gasteiger partial charge in [0.2, 0.25) is 0 Å². The van der Waals surface area contributed by atoms with Crippen molar-refractivity contribution >= 4 is 5.97 Å². The molecule has 0 bridgehead atoms. The maximum absolute atomic E-state index is 12.8. The minimum absolute atomic E-state index is 0.128. The molecule has 0 radical (unpaired) electrons. The molecule has 8 heteroatoms. The van der Waals surface area contributed by atoms with Gasteiger partial charge in [-0.3, -0.25) is 0 Å². The van der Waals surface area contributed by atoms with Crippen molar-refractivity contribution in [2.24, 2.45) is 0 Å². The molecule has 0 saturated heterocycles. The van der Waals surface area contributed by atoms with Gasteiger partial charge < -0.3 is 18.3 Å². The van der Waals surface area contributed by atoms with Gasteiger partial charge in [-0.05, 0) is 43.3 Å². The first-order valence-electron chi connectivity index (χ1n) is 7.07. The Morgan fingerprint density at radius 3 is 2.75 bits per heavy atom. The lowest BCUT2D eigenvalue weighted by atomic mass is 10.3. The van der Waals surface area contributed by atoms with E-state index in [1.165, 1.54) is 37.5 Å². The van der Waals surface area contributed by atoms with Gasteiger partial charge in [0.15, 0.2) is 18.5 Å². The topological polar surface area (TPSA) is 87.6 Å². The smallest absolute Gasteiger partial charge is 0.347 e. The van der Waals surface area contributed by atoms with Gasteiger partial charge in [0, 0.05) is 0 Å². The van der Waals surface area contributed by atoms with Gasteiger partial charge in [-0.1, -0.05) is 0 Å². The highest BCUT2D eigenvalue weighted by molar-refractivity contribution is 5.74. The molecule has 2 heterocycles. The Balaban J connectivity index is 1.52. The molecular formula is C16H13FN2O5. The van der Waals surface area contributed by atoms with Crippen molar-refractivity contribution in [1.29, 1.82) is 0 Å². The van der Waals surface area contributed by atoms with E-state index in [1.54, 1.807) is 12.1 Å². The van der Waals surface area contributed by atoms with E-state index in [0.29, 0.717) is 11.5 Å². The van der Waals surface area contributed by atoms with Crippen LogP contribution in [-0.2, 0) is 16.1 Å². The molecule has 7 nitrogen and oxygen atoms in total. The van der Waals surface area contributed by atoms with Crippen LogP contribution in [0.2, 0.25) is 0 Å². The summed E-state index contributed by atoms with van der Waals surface area (Å²) in [7, 11) is 0. The first kappa shape index (κ1) is 15.7. The molecular weight excluding hydrogens is 319 g/mol. The number of nitrogens with zero attached hydrogens (tertiary/aromatic N) is 2. The molecule has 0 N–H and O–H groups in total. The minimum Gasteiger partial charge on any atom is -0.479 e. The van der Waals surface area contributed by atoms with Gasteiger partial charge in [-0.15, -0.1) is 10.2 Å². The Morgan fingerprint density at radius 1 is 1.25 bits per heavy atom. The number of hydrogen-bond donors (Lipinski definition) is 0. The van der Waals surface area contributed by atoms with E-state index in [4.69, 9.17) is 18.3 Å². The lowest BCUT2D eigenvalue weighted by Crippen LogP contribution is -2.26. The number of carbonyl (C=O) groups is 1. The average molecular weight is 332 g/mol. The van der Waals surface area contributed by atoms with Gasteiger partial charge in [-0.25, -0.2) is 9.18 Å². The Labute approximate surface area is 136 Å². The van der Waals surface area contributed by atoms with E-state index < -0.39 is 12.1 Å². The van der Waals surface area contributed by atoms with Crippen LogP contribution in [0, 0.1) is 5.82 Å². The number of hydrogen-bond acceptors (Lipinski definition) is 7. The summed E-state index contributed by atoms with van der Waals surface area (Å²) in [6.07, 6.45) is 0.608. The Hall–Kier alpha value is -3.16. The number of esters is 1. The molecule has 1 aromatic carbocycles. The van der Waals surface area contributed by atoms with Crippen LogP contribution in [0.25, 0.3) is 11.7 Å². The third kappa shape index (κ3) is 3.78. The zero-order valence-electron chi connectivity index (χ0n) is 12.6. The zero-order valence-corrected chi connectivity index (χ0v) is 12.6. The van der Waals surface area contributed by atoms with Gasteiger partial charge in [0.05, 0.1) is 6.26 Å².